The van der Waals surface area contributed by atoms with Gasteiger partial charge in [-0.05, 0) is 43.7 Å². The lowest BCUT2D eigenvalue weighted by Gasteiger charge is -2.34. The Labute approximate surface area is 200 Å². The van der Waals surface area contributed by atoms with Gasteiger partial charge in [-0.1, -0.05) is 52.9 Å². The molecule has 1 unspecified atom stereocenters. The Balaban J connectivity index is 1.62. The molecule has 1 amide bonds. The van der Waals surface area contributed by atoms with Gasteiger partial charge in [-0.2, -0.15) is 0 Å². The highest BCUT2D eigenvalue weighted by Crippen LogP contribution is 2.38. The fourth-order valence-corrected chi connectivity index (χ4v) is 6.19. The predicted molar refractivity (Wildman–Crippen MR) is 131 cm³/mol. The molecule has 1 aliphatic rings. The first-order valence-electron chi connectivity index (χ1n) is 10.0. The molecule has 2 aromatic carbocycles. The van der Waals surface area contributed by atoms with E-state index in [4.69, 9.17) is 4.74 Å². The van der Waals surface area contributed by atoms with Gasteiger partial charge < -0.3 is 4.74 Å². The summed E-state index contributed by atoms with van der Waals surface area (Å²) in [5.74, 6) is 0.510. The number of carbonyl (C=O) groups is 1. The van der Waals surface area contributed by atoms with Crippen molar-refractivity contribution in [2.24, 2.45) is 0 Å². The number of aromatic nitrogens is 2. The van der Waals surface area contributed by atoms with Crippen molar-refractivity contribution in [3.8, 4) is 5.75 Å². The van der Waals surface area contributed by atoms with Gasteiger partial charge in [0.05, 0.1) is 17.1 Å². The van der Waals surface area contributed by atoms with Crippen molar-refractivity contribution >= 4 is 49.8 Å². The molecule has 8 nitrogen and oxygen atoms in total. The van der Waals surface area contributed by atoms with Gasteiger partial charge in [-0.25, -0.2) is 8.42 Å². The average Bonchev–Trinajstić information content (AvgIpc) is 3.24. The number of nitrogens with one attached hydrogen (secondary N) is 1. The number of thioether (sulfide) groups is 1. The van der Waals surface area contributed by atoms with Gasteiger partial charge in [0.15, 0.2) is 10.4 Å². The van der Waals surface area contributed by atoms with Crippen molar-refractivity contribution in [1.29, 1.82) is 0 Å². The van der Waals surface area contributed by atoms with E-state index in [1.165, 1.54) is 27.4 Å². The quantitative estimate of drug-likeness (QED) is 0.296. The van der Waals surface area contributed by atoms with E-state index in [9.17, 15) is 13.2 Å². The Bertz CT molecular complexity index is 1290. The van der Waals surface area contributed by atoms with Gasteiger partial charge in [0.1, 0.15) is 5.75 Å². The molecular weight excluding hydrogens is 480 g/mol. The minimum absolute atomic E-state index is 0.147. The van der Waals surface area contributed by atoms with E-state index in [0.717, 1.165) is 11.1 Å². The fourth-order valence-electron chi connectivity index (χ4n) is 3.20. The van der Waals surface area contributed by atoms with Crippen molar-refractivity contribution in [3.05, 3.63) is 66.2 Å². The van der Waals surface area contributed by atoms with E-state index in [1.54, 1.807) is 42.5 Å². The number of rotatable bonds is 7. The second kappa shape index (κ2) is 9.54. The third-order valence-electron chi connectivity index (χ3n) is 4.85. The Kier molecular flexibility index (Phi) is 6.73. The van der Waals surface area contributed by atoms with E-state index < -0.39 is 22.0 Å². The number of hydrogen-bond donors (Lipinski definition) is 1. The number of sulfonamides is 1. The van der Waals surface area contributed by atoms with Crippen molar-refractivity contribution in [1.82, 2.24) is 10.2 Å². The number of hydrogen-bond acceptors (Lipinski definition) is 8. The van der Waals surface area contributed by atoms with Crippen molar-refractivity contribution in [2.75, 3.05) is 21.9 Å². The normalized spacial score (nSPS) is 15.5. The number of fused-ring (bicyclic) bond motifs is 1. The van der Waals surface area contributed by atoms with E-state index in [1.807, 2.05) is 19.9 Å². The standard InChI is InChI=1S/C22H22N4O4S3/c1-4-11-31-22-25-24-21(32-22)23-20(27)19-13-26(17-10-7-15(3)12-18(17)30-19)33(28,29)16-8-5-14(2)6-9-16/h4-10,12,19H,1,11,13H2,2-3H3,(H,23,24,27). The number of amides is 1. The van der Waals surface area contributed by atoms with Gasteiger partial charge in [0.25, 0.3) is 15.9 Å². The molecule has 0 saturated carbocycles. The van der Waals surface area contributed by atoms with Crippen LogP contribution in [0.2, 0.25) is 0 Å². The number of ether oxygens (including phenoxy) is 1. The summed E-state index contributed by atoms with van der Waals surface area (Å²) >= 11 is 2.69. The molecule has 11 heteroatoms. The fraction of sp³-hybridized carbons (Fsp3) is 0.227. The molecule has 0 saturated heterocycles. The number of carbonyl (C=O) groups excluding carboxylic acids is 1. The first-order chi connectivity index (χ1) is 15.8. The van der Waals surface area contributed by atoms with Crippen molar-refractivity contribution in [2.45, 2.75) is 29.2 Å². The van der Waals surface area contributed by atoms with Gasteiger partial charge in [0, 0.05) is 5.75 Å². The molecule has 1 aliphatic heterocycles. The maximum Gasteiger partial charge on any atom is 0.269 e. The van der Waals surface area contributed by atoms with Crippen LogP contribution in [0.15, 0.2) is 64.4 Å². The van der Waals surface area contributed by atoms with Crippen LogP contribution in [0.5, 0.6) is 5.75 Å². The average molecular weight is 503 g/mol. The van der Waals surface area contributed by atoms with Crippen molar-refractivity contribution in [3.63, 3.8) is 0 Å². The second-order valence-corrected chi connectivity index (χ2v) is 11.5. The molecule has 2 heterocycles. The molecule has 0 fully saturated rings. The lowest BCUT2D eigenvalue weighted by molar-refractivity contribution is -0.122. The van der Waals surface area contributed by atoms with E-state index >= 15 is 0 Å². The van der Waals surface area contributed by atoms with Crippen LogP contribution in [0.1, 0.15) is 11.1 Å². The second-order valence-electron chi connectivity index (χ2n) is 7.39. The Hall–Kier alpha value is -2.89. The number of nitrogens with zero attached hydrogens (tertiary/aromatic N) is 3. The molecule has 4 rings (SSSR count). The first kappa shape index (κ1) is 23.3. The highest BCUT2D eigenvalue weighted by Gasteiger charge is 2.38. The summed E-state index contributed by atoms with van der Waals surface area (Å²) in [6.07, 6.45) is 0.690. The molecule has 33 heavy (non-hydrogen) atoms. The SMILES string of the molecule is C=CCSc1nnc(NC(=O)C2CN(S(=O)(=O)c3ccc(C)cc3)c3ccc(C)cc3O2)s1. The minimum atomic E-state index is -3.92. The Morgan fingerprint density at radius 2 is 1.97 bits per heavy atom. The van der Waals surface area contributed by atoms with Crippen LogP contribution >= 0.6 is 23.1 Å². The van der Waals surface area contributed by atoms with Crippen LogP contribution in [0.4, 0.5) is 10.8 Å². The zero-order valence-corrected chi connectivity index (χ0v) is 20.5. The summed E-state index contributed by atoms with van der Waals surface area (Å²) in [4.78, 5) is 13.1. The molecule has 0 radical (unpaired) electrons. The lowest BCUT2D eigenvalue weighted by Crippen LogP contribution is -2.48. The molecule has 172 valence electrons. The van der Waals surface area contributed by atoms with E-state index in [2.05, 4.69) is 22.1 Å². The maximum atomic E-state index is 13.5. The highest BCUT2D eigenvalue weighted by atomic mass is 32.2. The zero-order chi connectivity index (χ0) is 23.6. The summed E-state index contributed by atoms with van der Waals surface area (Å²) in [5.41, 5.74) is 2.23. The van der Waals surface area contributed by atoms with E-state index in [-0.39, 0.29) is 11.4 Å². The highest BCUT2D eigenvalue weighted by molar-refractivity contribution is 8.01. The van der Waals surface area contributed by atoms with Crippen molar-refractivity contribution < 1.29 is 17.9 Å². The Morgan fingerprint density at radius 1 is 1.24 bits per heavy atom. The molecule has 1 aromatic heterocycles. The van der Waals surface area contributed by atoms with Crippen LogP contribution in [0, 0.1) is 13.8 Å². The molecular formula is C22H22N4O4S3. The summed E-state index contributed by atoms with van der Waals surface area (Å²) in [5, 5.41) is 11.0. The molecule has 1 N–H and O–H groups in total. The summed E-state index contributed by atoms with van der Waals surface area (Å²) in [6, 6.07) is 11.8. The number of anilines is 2. The topological polar surface area (TPSA) is 101 Å². The van der Waals surface area contributed by atoms with Gasteiger partial charge >= 0.3 is 0 Å². The van der Waals surface area contributed by atoms with Crippen LogP contribution in [-0.4, -0.2) is 42.9 Å². The molecule has 1 atom stereocenters. The maximum absolute atomic E-state index is 13.5. The third kappa shape index (κ3) is 5.05. The third-order valence-corrected chi connectivity index (χ3v) is 8.61. The van der Waals surface area contributed by atoms with Gasteiger partial charge in [-0.15, -0.1) is 16.8 Å². The van der Waals surface area contributed by atoms with Gasteiger partial charge in [-0.3, -0.25) is 14.4 Å². The number of benzene rings is 2. The predicted octanol–water partition coefficient (Wildman–Crippen LogP) is 4.03. The monoisotopic (exact) mass is 502 g/mol. The zero-order valence-electron chi connectivity index (χ0n) is 18.0. The van der Waals surface area contributed by atoms with Crippen LogP contribution < -0.4 is 14.4 Å². The number of aryl methyl sites for hydroxylation is 2. The largest absolute Gasteiger partial charge is 0.476 e. The summed E-state index contributed by atoms with van der Waals surface area (Å²) in [7, 11) is -3.92. The molecule has 3 aromatic rings. The Morgan fingerprint density at radius 3 is 2.70 bits per heavy atom. The minimum Gasteiger partial charge on any atom is -0.476 e. The first-order valence-corrected chi connectivity index (χ1v) is 13.3. The molecule has 0 bridgehead atoms. The molecule has 0 spiro atoms. The van der Waals surface area contributed by atoms with Crippen LogP contribution in [0.3, 0.4) is 0 Å². The van der Waals surface area contributed by atoms with Crippen LogP contribution in [-0.2, 0) is 14.8 Å². The van der Waals surface area contributed by atoms with E-state index in [0.29, 0.717) is 26.7 Å². The lowest BCUT2D eigenvalue weighted by atomic mass is 10.1. The smallest absolute Gasteiger partial charge is 0.269 e. The molecule has 0 aliphatic carbocycles. The summed E-state index contributed by atoms with van der Waals surface area (Å²) < 4.78 is 34.8. The van der Waals surface area contributed by atoms with Crippen LogP contribution in [0.25, 0.3) is 0 Å². The van der Waals surface area contributed by atoms with Gasteiger partial charge in [0.2, 0.25) is 5.13 Å². The summed E-state index contributed by atoms with van der Waals surface area (Å²) in [6.45, 7) is 7.25.